The van der Waals surface area contributed by atoms with Gasteiger partial charge >= 0.3 is 0 Å². The van der Waals surface area contributed by atoms with Crippen molar-refractivity contribution in [1.82, 2.24) is 5.32 Å². The zero-order valence-corrected chi connectivity index (χ0v) is 14.5. The minimum absolute atomic E-state index is 0.00291. The minimum atomic E-state index is -0.642. The molecule has 5 nitrogen and oxygen atoms in total. The standard InChI is InChI=1S/C17H23ClN2O3/c1-4-23-14-7-5-13(6-8-14)20-10-12(9-15(20)21)19-16(22)17(2,3)11-18/h5-8,12H,4,9-11H2,1-3H3,(H,19,22). The maximum atomic E-state index is 12.2. The number of carbonyl (C=O) groups excluding carboxylic acids is 2. The van der Waals surface area contributed by atoms with Gasteiger partial charge in [-0.15, -0.1) is 11.6 Å². The van der Waals surface area contributed by atoms with Crippen LogP contribution in [0.4, 0.5) is 5.69 Å². The summed E-state index contributed by atoms with van der Waals surface area (Å²) in [5.74, 6) is 0.890. The Morgan fingerprint density at radius 1 is 1.39 bits per heavy atom. The maximum absolute atomic E-state index is 12.2. The third kappa shape index (κ3) is 4.16. The number of rotatable bonds is 6. The van der Waals surface area contributed by atoms with E-state index in [1.807, 2.05) is 31.2 Å². The van der Waals surface area contributed by atoms with Crippen LogP contribution >= 0.6 is 11.6 Å². The van der Waals surface area contributed by atoms with Crippen molar-refractivity contribution in [3.63, 3.8) is 0 Å². The highest BCUT2D eigenvalue weighted by Gasteiger charge is 2.35. The Balaban J connectivity index is 2.01. The van der Waals surface area contributed by atoms with E-state index in [0.29, 0.717) is 19.6 Å². The van der Waals surface area contributed by atoms with Crippen LogP contribution in [0.2, 0.25) is 0 Å². The average molecular weight is 339 g/mol. The fourth-order valence-corrected chi connectivity index (χ4v) is 2.51. The molecule has 2 amide bonds. The highest BCUT2D eigenvalue weighted by atomic mass is 35.5. The molecule has 1 saturated heterocycles. The molecule has 0 aliphatic carbocycles. The van der Waals surface area contributed by atoms with Gasteiger partial charge in [0.2, 0.25) is 11.8 Å². The van der Waals surface area contributed by atoms with E-state index in [1.54, 1.807) is 18.7 Å². The fraction of sp³-hybridized carbons (Fsp3) is 0.529. The van der Waals surface area contributed by atoms with Crippen LogP contribution in [0, 0.1) is 5.41 Å². The van der Waals surface area contributed by atoms with E-state index in [4.69, 9.17) is 16.3 Å². The van der Waals surface area contributed by atoms with Gasteiger partial charge in [0.25, 0.3) is 0 Å². The molecule has 126 valence electrons. The summed E-state index contributed by atoms with van der Waals surface area (Å²) < 4.78 is 5.40. The number of hydrogen-bond acceptors (Lipinski definition) is 3. The molecule has 2 rings (SSSR count). The molecule has 1 aliphatic rings. The summed E-state index contributed by atoms with van der Waals surface area (Å²) in [6, 6.07) is 7.21. The Morgan fingerprint density at radius 3 is 2.61 bits per heavy atom. The van der Waals surface area contributed by atoms with E-state index in [-0.39, 0.29) is 23.7 Å². The Labute approximate surface area is 141 Å². The Morgan fingerprint density at radius 2 is 2.04 bits per heavy atom. The van der Waals surface area contributed by atoms with Crippen molar-refractivity contribution in [2.24, 2.45) is 5.41 Å². The van der Waals surface area contributed by atoms with Crippen molar-refractivity contribution in [2.45, 2.75) is 33.2 Å². The first-order valence-electron chi connectivity index (χ1n) is 7.77. The number of amides is 2. The molecule has 1 aliphatic heterocycles. The third-order valence-corrected chi connectivity index (χ3v) is 4.54. The smallest absolute Gasteiger partial charge is 0.229 e. The third-order valence-electron chi connectivity index (χ3n) is 3.87. The first-order valence-corrected chi connectivity index (χ1v) is 8.31. The summed E-state index contributed by atoms with van der Waals surface area (Å²) in [6.45, 7) is 6.57. The van der Waals surface area contributed by atoms with Crippen molar-refractivity contribution < 1.29 is 14.3 Å². The summed E-state index contributed by atoms with van der Waals surface area (Å²) in [5, 5.41) is 2.92. The minimum Gasteiger partial charge on any atom is -0.494 e. The second-order valence-corrected chi connectivity index (χ2v) is 6.59. The number of anilines is 1. The Bertz CT molecular complexity index is 572. The summed E-state index contributed by atoms with van der Waals surface area (Å²) in [5.41, 5.74) is 0.170. The topological polar surface area (TPSA) is 58.6 Å². The molecule has 1 fully saturated rings. The van der Waals surface area contributed by atoms with Gasteiger partial charge in [-0.25, -0.2) is 0 Å². The molecule has 0 radical (unpaired) electrons. The molecule has 1 atom stereocenters. The predicted molar refractivity (Wildman–Crippen MR) is 91.0 cm³/mol. The van der Waals surface area contributed by atoms with Gasteiger partial charge in [0.1, 0.15) is 5.75 Å². The van der Waals surface area contributed by atoms with E-state index in [9.17, 15) is 9.59 Å². The van der Waals surface area contributed by atoms with Crippen molar-refractivity contribution in [1.29, 1.82) is 0 Å². The van der Waals surface area contributed by atoms with Crippen molar-refractivity contribution in [2.75, 3.05) is 23.9 Å². The van der Waals surface area contributed by atoms with Crippen LogP contribution in [0.1, 0.15) is 27.2 Å². The molecule has 6 heteroatoms. The molecule has 1 N–H and O–H groups in total. The van der Waals surface area contributed by atoms with Crippen molar-refractivity contribution in [3.05, 3.63) is 24.3 Å². The molecule has 0 spiro atoms. The van der Waals surface area contributed by atoms with Crippen molar-refractivity contribution in [3.8, 4) is 5.75 Å². The molecule has 1 aromatic rings. The lowest BCUT2D eigenvalue weighted by molar-refractivity contribution is -0.128. The number of nitrogens with zero attached hydrogens (tertiary/aromatic N) is 1. The number of alkyl halides is 1. The first-order chi connectivity index (χ1) is 10.9. The molecular weight excluding hydrogens is 316 g/mol. The summed E-state index contributed by atoms with van der Waals surface area (Å²) in [4.78, 5) is 26.1. The molecular formula is C17H23ClN2O3. The highest BCUT2D eigenvalue weighted by molar-refractivity contribution is 6.19. The highest BCUT2D eigenvalue weighted by Crippen LogP contribution is 2.25. The molecule has 0 bridgehead atoms. The SMILES string of the molecule is CCOc1ccc(N2CC(NC(=O)C(C)(C)CCl)CC2=O)cc1. The second-order valence-electron chi connectivity index (χ2n) is 6.32. The molecule has 1 aromatic carbocycles. The largest absolute Gasteiger partial charge is 0.494 e. The number of hydrogen-bond donors (Lipinski definition) is 1. The lowest BCUT2D eigenvalue weighted by Crippen LogP contribution is -2.44. The number of carbonyl (C=O) groups is 2. The summed E-state index contributed by atoms with van der Waals surface area (Å²) >= 11 is 5.82. The van der Waals surface area contributed by atoms with Crippen LogP contribution in [-0.4, -0.2) is 36.9 Å². The van der Waals surface area contributed by atoms with Crippen LogP contribution in [0.25, 0.3) is 0 Å². The fourth-order valence-electron chi connectivity index (χ4n) is 2.38. The normalized spacial score (nSPS) is 18.2. The van der Waals surface area contributed by atoms with Gasteiger partial charge < -0.3 is 15.0 Å². The number of halogens is 1. The lowest BCUT2D eigenvalue weighted by Gasteiger charge is -2.23. The van der Waals surface area contributed by atoms with Crippen molar-refractivity contribution >= 4 is 29.1 Å². The van der Waals surface area contributed by atoms with Gasteiger partial charge in [0, 0.05) is 24.5 Å². The first kappa shape index (κ1) is 17.6. The van der Waals surface area contributed by atoms with Crippen LogP contribution in [0.3, 0.4) is 0 Å². The predicted octanol–water partition coefficient (Wildman–Crippen LogP) is 2.57. The quantitative estimate of drug-likeness (QED) is 0.811. The molecule has 0 aromatic heterocycles. The van der Waals surface area contributed by atoms with Crippen LogP contribution in [-0.2, 0) is 9.59 Å². The lowest BCUT2D eigenvalue weighted by atomic mass is 9.95. The molecule has 0 saturated carbocycles. The summed E-state index contributed by atoms with van der Waals surface area (Å²) in [7, 11) is 0. The van der Waals surface area contributed by atoms with Gasteiger partial charge in [0.15, 0.2) is 0 Å². The van der Waals surface area contributed by atoms with Gasteiger partial charge in [-0.05, 0) is 45.0 Å². The van der Waals surface area contributed by atoms with E-state index in [1.165, 1.54) is 0 Å². The molecule has 1 unspecified atom stereocenters. The molecule has 1 heterocycles. The average Bonchev–Trinajstić information content (AvgIpc) is 2.89. The van der Waals surface area contributed by atoms with Crippen LogP contribution < -0.4 is 15.0 Å². The molecule has 23 heavy (non-hydrogen) atoms. The Kier molecular flexibility index (Phi) is 5.52. The zero-order chi connectivity index (χ0) is 17.0. The van der Waals surface area contributed by atoms with Crippen LogP contribution in [0.15, 0.2) is 24.3 Å². The monoisotopic (exact) mass is 338 g/mol. The maximum Gasteiger partial charge on any atom is 0.229 e. The number of ether oxygens (including phenoxy) is 1. The van der Waals surface area contributed by atoms with Gasteiger partial charge in [-0.2, -0.15) is 0 Å². The van der Waals surface area contributed by atoms with E-state index in [2.05, 4.69) is 5.32 Å². The second kappa shape index (κ2) is 7.21. The van der Waals surface area contributed by atoms with Gasteiger partial charge in [-0.3, -0.25) is 9.59 Å². The van der Waals surface area contributed by atoms with Crippen LogP contribution in [0.5, 0.6) is 5.75 Å². The van der Waals surface area contributed by atoms with E-state index < -0.39 is 5.41 Å². The number of nitrogens with one attached hydrogen (secondary N) is 1. The zero-order valence-electron chi connectivity index (χ0n) is 13.8. The van der Waals surface area contributed by atoms with Gasteiger partial charge in [0.05, 0.1) is 18.1 Å². The van der Waals surface area contributed by atoms with Gasteiger partial charge in [-0.1, -0.05) is 0 Å². The van der Waals surface area contributed by atoms with E-state index >= 15 is 0 Å². The summed E-state index contributed by atoms with van der Waals surface area (Å²) in [6.07, 6.45) is 0.303. The number of benzene rings is 1. The Hall–Kier alpha value is -1.75. The van der Waals surface area contributed by atoms with E-state index in [0.717, 1.165) is 11.4 Å².